The maximum Gasteiger partial charge on any atom is 0.223 e. The van der Waals surface area contributed by atoms with Crippen LogP contribution in [0.25, 0.3) is 0 Å². The Balaban J connectivity index is 2.40. The van der Waals surface area contributed by atoms with E-state index in [0.29, 0.717) is 6.42 Å². The van der Waals surface area contributed by atoms with Crippen molar-refractivity contribution in [2.75, 3.05) is 6.54 Å². The molecule has 0 radical (unpaired) electrons. The number of hydrogen-bond donors (Lipinski definition) is 1. The van der Waals surface area contributed by atoms with Gasteiger partial charge in [0.25, 0.3) is 0 Å². The molecule has 0 spiro atoms. The molecule has 1 fully saturated rings. The second kappa shape index (κ2) is 6.72. The molecule has 2 rings (SSSR count). The molecule has 2 atom stereocenters. The summed E-state index contributed by atoms with van der Waals surface area (Å²) in [5.41, 5.74) is 8.71. The smallest absolute Gasteiger partial charge is 0.223 e. The number of likely N-dealkylation sites (tertiary alicyclic amines) is 1. The lowest BCUT2D eigenvalue weighted by Gasteiger charge is -2.34. The van der Waals surface area contributed by atoms with E-state index in [2.05, 4.69) is 48.0 Å². The number of carbonyl (C=O) groups excluding carboxylic acids is 1. The van der Waals surface area contributed by atoms with Gasteiger partial charge in [0.1, 0.15) is 0 Å². The number of carbonyl (C=O) groups is 1. The molecule has 0 aliphatic carbocycles. The molecule has 1 aromatic carbocycles. The SMILES string of the molecule is CCCN1C(=O)CCCC(N)C1c1ccc(Br)c(C)c1. The standard InChI is InChI=1S/C16H23BrN2O/c1-3-9-19-15(20)6-4-5-14(18)16(19)12-7-8-13(17)11(2)10-12/h7-8,10,14,16H,3-6,9,18H2,1-2H3. The second-order valence-corrected chi connectivity index (χ2v) is 6.45. The van der Waals surface area contributed by atoms with Crippen LogP contribution in [0.5, 0.6) is 0 Å². The van der Waals surface area contributed by atoms with Crippen LogP contribution in [0.3, 0.4) is 0 Å². The molecule has 1 aliphatic rings. The number of nitrogens with two attached hydrogens (primary N) is 1. The van der Waals surface area contributed by atoms with Gasteiger partial charge in [0.05, 0.1) is 6.04 Å². The number of aryl methyl sites for hydroxylation is 1. The Labute approximate surface area is 129 Å². The normalized spacial score (nSPS) is 23.8. The van der Waals surface area contributed by atoms with Gasteiger partial charge in [0.15, 0.2) is 0 Å². The molecule has 0 bridgehead atoms. The van der Waals surface area contributed by atoms with Crippen LogP contribution in [-0.4, -0.2) is 23.4 Å². The van der Waals surface area contributed by atoms with Gasteiger partial charge in [-0.1, -0.05) is 35.0 Å². The van der Waals surface area contributed by atoms with Crippen molar-refractivity contribution in [3.05, 3.63) is 33.8 Å². The van der Waals surface area contributed by atoms with E-state index in [1.807, 2.05) is 4.90 Å². The molecule has 0 aromatic heterocycles. The van der Waals surface area contributed by atoms with E-state index >= 15 is 0 Å². The zero-order chi connectivity index (χ0) is 14.7. The molecule has 1 saturated heterocycles. The van der Waals surface area contributed by atoms with Gasteiger partial charge in [0.2, 0.25) is 5.91 Å². The molecule has 4 heteroatoms. The maximum atomic E-state index is 12.3. The molecule has 110 valence electrons. The average molecular weight is 339 g/mol. The van der Waals surface area contributed by atoms with E-state index in [1.54, 1.807) is 0 Å². The van der Waals surface area contributed by atoms with Crippen LogP contribution in [0.1, 0.15) is 49.8 Å². The van der Waals surface area contributed by atoms with Crippen molar-refractivity contribution < 1.29 is 4.79 Å². The first kappa shape index (κ1) is 15.5. The fourth-order valence-electron chi connectivity index (χ4n) is 2.96. The molecule has 2 unspecified atom stereocenters. The van der Waals surface area contributed by atoms with Crippen LogP contribution < -0.4 is 5.73 Å². The Morgan fingerprint density at radius 1 is 1.45 bits per heavy atom. The number of nitrogens with zero attached hydrogens (tertiary/aromatic N) is 1. The average Bonchev–Trinajstić information content (AvgIpc) is 2.54. The minimum absolute atomic E-state index is 0.0109. The highest BCUT2D eigenvalue weighted by Gasteiger charge is 2.32. The minimum atomic E-state index is 0.0109. The summed E-state index contributed by atoms with van der Waals surface area (Å²) in [7, 11) is 0. The quantitative estimate of drug-likeness (QED) is 0.915. The van der Waals surface area contributed by atoms with Crippen LogP contribution in [0.4, 0.5) is 0 Å². The predicted molar refractivity (Wildman–Crippen MR) is 85.5 cm³/mol. The van der Waals surface area contributed by atoms with Crippen LogP contribution in [0.15, 0.2) is 22.7 Å². The van der Waals surface area contributed by atoms with E-state index in [4.69, 9.17) is 5.73 Å². The highest BCUT2D eigenvalue weighted by atomic mass is 79.9. The van der Waals surface area contributed by atoms with E-state index in [-0.39, 0.29) is 18.0 Å². The summed E-state index contributed by atoms with van der Waals surface area (Å²) in [6, 6.07) is 6.32. The van der Waals surface area contributed by atoms with Gasteiger partial charge in [0, 0.05) is 23.5 Å². The zero-order valence-electron chi connectivity index (χ0n) is 12.2. The Morgan fingerprint density at radius 3 is 2.85 bits per heavy atom. The topological polar surface area (TPSA) is 46.3 Å². The van der Waals surface area contributed by atoms with Crippen molar-refractivity contribution in [1.82, 2.24) is 4.90 Å². The van der Waals surface area contributed by atoms with Crippen molar-refractivity contribution >= 4 is 21.8 Å². The van der Waals surface area contributed by atoms with Gasteiger partial charge in [-0.05, 0) is 43.4 Å². The molecule has 1 heterocycles. The van der Waals surface area contributed by atoms with Gasteiger partial charge in [-0.3, -0.25) is 4.79 Å². The summed E-state index contributed by atoms with van der Waals surface area (Å²) in [5, 5.41) is 0. The lowest BCUT2D eigenvalue weighted by Crippen LogP contribution is -2.42. The fraction of sp³-hybridized carbons (Fsp3) is 0.562. The van der Waals surface area contributed by atoms with Crippen molar-refractivity contribution in [2.24, 2.45) is 5.73 Å². The lowest BCUT2D eigenvalue weighted by molar-refractivity contribution is -0.133. The first-order valence-corrected chi connectivity index (χ1v) is 8.15. The number of rotatable bonds is 3. The first-order valence-electron chi connectivity index (χ1n) is 7.35. The van der Waals surface area contributed by atoms with E-state index in [9.17, 15) is 4.79 Å². The largest absolute Gasteiger partial charge is 0.334 e. The highest BCUT2D eigenvalue weighted by molar-refractivity contribution is 9.10. The van der Waals surface area contributed by atoms with Gasteiger partial charge in [-0.15, -0.1) is 0 Å². The second-order valence-electron chi connectivity index (χ2n) is 5.60. The molecule has 1 aromatic rings. The molecule has 20 heavy (non-hydrogen) atoms. The Bertz CT molecular complexity index is 489. The molecule has 1 aliphatic heterocycles. The summed E-state index contributed by atoms with van der Waals surface area (Å²) in [4.78, 5) is 14.3. The summed E-state index contributed by atoms with van der Waals surface area (Å²) < 4.78 is 1.09. The summed E-state index contributed by atoms with van der Waals surface area (Å²) >= 11 is 3.53. The van der Waals surface area contributed by atoms with Gasteiger partial charge in [-0.2, -0.15) is 0 Å². The summed E-state index contributed by atoms with van der Waals surface area (Å²) in [6.45, 7) is 4.96. The number of halogens is 1. The number of amides is 1. The predicted octanol–water partition coefficient (Wildman–Crippen LogP) is 3.55. The van der Waals surface area contributed by atoms with Crippen molar-refractivity contribution in [3.8, 4) is 0 Å². The van der Waals surface area contributed by atoms with E-state index < -0.39 is 0 Å². The van der Waals surface area contributed by atoms with Crippen molar-refractivity contribution in [2.45, 2.75) is 51.6 Å². The number of hydrogen-bond acceptors (Lipinski definition) is 2. The number of benzene rings is 1. The molecular formula is C16H23BrN2O. The van der Waals surface area contributed by atoms with Crippen LogP contribution in [0.2, 0.25) is 0 Å². The molecule has 2 N–H and O–H groups in total. The molecule has 0 saturated carbocycles. The van der Waals surface area contributed by atoms with Gasteiger partial charge >= 0.3 is 0 Å². The van der Waals surface area contributed by atoms with Crippen molar-refractivity contribution in [1.29, 1.82) is 0 Å². The zero-order valence-corrected chi connectivity index (χ0v) is 13.8. The maximum absolute atomic E-state index is 12.3. The van der Waals surface area contributed by atoms with E-state index in [0.717, 1.165) is 35.8 Å². The molecular weight excluding hydrogens is 316 g/mol. The Morgan fingerprint density at radius 2 is 2.20 bits per heavy atom. The van der Waals surface area contributed by atoms with Gasteiger partial charge in [-0.25, -0.2) is 0 Å². The third-order valence-electron chi connectivity index (χ3n) is 3.98. The van der Waals surface area contributed by atoms with Crippen LogP contribution >= 0.6 is 15.9 Å². The Hall–Kier alpha value is -0.870. The third-order valence-corrected chi connectivity index (χ3v) is 4.87. The van der Waals surface area contributed by atoms with E-state index in [1.165, 1.54) is 5.56 Å². The Kier molecular flexibility index (Phi) is 5.22. The molecule has 3 nitrogen and oxygen atoms in total. The lowest BCUT2D eigenvalue weighted by atomic mass is 9.95. The first-order chi connectivity index (χ1) is 9.54. The van der Waals surface area contributed by atoms with Crippen molar-refractivity contribution in [3.63, 3.8) is 0 Å². The van der Waals surface area contributed by atoms with Gasteiger partial charge < -0.3 is 10.6 Å². The highest BCUT2D eigenvalue weighted by Crippen LogP contribution is 2.32. The van der Waals surface area contributed by atoms with Crippen LogP contribution in [-0.2, 0) is 4.79 Å². The molecule has 1 amide bonds. The fourth-order valence-corrected chi connectivity index (χ4v) is 3.21. The summed E-state index contributed by atoms with van der Waals surface area (Å²) in [5.74, 6) is 0.241. The van der Waals surface area contributed by atoms with Crippen LogP contribution in [0, 0.1) is 6.92 Å². The minimum Gasteiger partial charge on any atom is -0.334 e. The monoisotopic (exact) mass is 338 g/mol. The summed E-state index contributed by atoms with van der Waals surface area (Å²) in [6.07, 6.45) is 3.39. The third kappa shape index (κ3) is 3.23.